The van der Waals surface area contributed by atoms with Crippen LogP contribution in [0, 0.1) is 5.92 Å². The van der Waals surface area contributed by atoms with Gasteiger partial charge in [0.25, 0.3) is 0 Å². The van der Waals surface area contributed by atoms with E-state index in [0.717, 1.165) is 0 Å². The summed E-state index contributed by atoms with van der Waals surface area (Å²) in [7, 11) is 3.17. The summed E-state index contributed by atoms with van der Waals surface area (Å²) in [4.78, 5) is 34.7. The van der Waals surface area contributed by atoms with Gasteiger partial charge >= 0.3 is 12.0 Å². The third-order valence-corrected chi connectivity index (χ3v) is 2.41. The number of hydrogen-bond donors (Lipinski definition) is 3. The van der Waals surface area contributed by atoms with Gasteiger partial charge in [0.15, 0.2) is 0 Å². The third kappa shape index (κ3) is 6.72. The lowest BCUT2D eigenvalue weighted by atomic mass is 10.0. The SMILES string of the molecule is CC(C)C(CC(=O)O)NC(=O)NCC(=O)N(C)C. The minimum absolute atomic E-state index is 0.00333. The minimum atomic E-state index is -0.974. The van der Waals surface area contributed by atoms with Crippen molar-refractivity contribution in [2.24, 2.45) is 5.92 Å². The Labute approximate surface area is 107 Å². The van der Waals surface area contributed by atoms with Crippen molar-refractivity contribution in [3.05, 3.63) is 0 Å². The summed E-state index contributed by atoms with van der Waals surface area (Å²) >= 11 is 0. The van der Waals surface area contributed by atoms with Gasteiger partial charge in [0, 0.05) is 20.1 Å². The minimum Gasteiger partial charge on any atom is -0.481 e. The van der Waals surface area contributed by atoms with Gasteiger partial charge in [-0.15, -0.1) is 0 Å². The molecule has 1 atom stereocenters. The highest BCUT2D eigenvalue weighted by atomic mass is 16.4. The standard InChI is InChI=1S/C11H21N3O4/c1-7(2)8(5-10(16)17)13-11(18)12-6-9(15)14(3)4/h7-8H,5-6H2,1-4H3,(H,16,17)(H2,12,13,18). The average Bonchev–Trinajstić information content (AvgIpc) is 2.23. The van der Waals surface area contributed by atoms with Gasteiger partial charge in [0.1, 0.15) is 0 Å². The van der Waals surface area contributed by atoms with E-state index in [2.05, 4.69) is 10.6 Å². The Balaban J connectivity index is 4.18. The maximum atomic E-state index is 11.5. The topological polar surface area (TPSA) is 98.7 Å². The van der Waals surface area contributed by atoms with Gasteiger partial charge in [-0.1, -0.05) is 13.8 Å². The zero-order chi connectivity index (χ0) is 14.3. The van der Waals surface area contributed by atoms with Crippen molar-refractivity contribution in [1.82, 2.24) is 15.5 Å². The molecule has 1 unspecified atom stereocenters. The van der Waals surface area contributed by atoms with E-state index in [1.54, 1.807) is 14.1 Å². The Morgan fingerprint density at radius 1 is 1.22 bits per heavy atom. The molecule has 0 saturated carbocycles. The second-order valence-corrected chi connectivity index (χ2v) is 4.56. The molecule has 0 saturated heterocycles. The molecule has 18 heavy (non-hydrogen) atoms. The number of carbonyl (C=O) groups is 3. The Morgan fingerprint density at radius 2 is 1.78 bits per heavy atom. The summed E-state index contributed by atoms with van der Waals surface area (Å²) in [6.45, 7) is 3.52. The van der Waals surface area contributed by atoms with Gasteiger partial charge in [-0.05, 0) is 5.92 Å². The fraction of sp³-hybridized carbons (Fsp3) is 0.727. The maximum absolute atomic E-state index is 11.5. The Bertz CT molecular complexity index is 315. The molecule has 7 nitrogen and oxygen atoms in total. The number of aliphatic carboxylic acids is 1. The molecule has 0 rings (SSSR count). The van der Waals surface area contributed by atoms with Crippen LogP contribution >= 0.6 is 0 Å². The van der Waals surface area contributed by atoms with Crippen LogP contribution in [-0.4, -0.2) is 54.6 Å². The summed E-state index contributed by atoms with van der Waals surface area (Å²) in [5, 5.41) is 13.6. The van der Waals surface area contributed by atoms with Crippen LogP contribution in [0.25, 0.3) is 0 Å². The van der Waals surface area contributed by atoms with Crippen LogP contribution < -0.4 is 10.6 Å². The lowest BCUT2D eigenvalue weighted by molar-refractivity contribution is -0.137. The average molecular weight is 259 g/mol. The number of nitrogens with zero attached hydrogens (tertiary/aromatic N) is 1. The molecule has 0 aromatic rings. The largest absolute Gasteiger partial charge is 0.481 e. The predicted molar refractivity (Wildman–Crippen MR) is 66.1 cm³/mol. The van der Waals surface area contributed by atoms with Crippen LogP contribution in [0.3, 0.4) is 0 Å². The predicted octanol–water partition coefficient (Wildman–Crippen LogP) is -0.127. The molecular weight excluding hydrogens is 238 g/mol. The van der Waals surface area contributed by atoms with E-state index < -0.39 is 18.0 Å². The monoisotopic (exact) mass is 259 g/mol. The molecule has 0 bridgehead atoms. The molecule has 0 aliphatic rings. The first-order chi connectivity index (χ1) is 8.23. The molecular formula is C11H21N3O4. The van der Waals surface area contributed by atoms with Crippen molar-refractivity contribution < 1.29 is 19.5 Å². The number of carboxylic acids is 1. The fourth-order valence-corrected chi connectivity index (χ4v) is 1.17. The van der Waals surface area contributed by atoms with Crippen molar-refractivity contribution in [3.8, 4) is 0 Å². The van der Waals surface area contributed by atoms with Crippen molar-refractivity contribution >= 4 is 17.9 Å². The molecule has 0 heterocycles. The summed E-state index contributed by atoms with van der Waals surface area (Å²) in [5.74, 6) is -1.21. The van der Waals surface area contributed by atoms with Crippen LogP contribution in [0.1, 0.15) is 20.3 Å². The van der Waals surface area contributed by atoms with Gasteiger partial charge in [-0.2, -0.15) is 0 Å². The Kier molecular flexibility index (Phi) is 6.77. The quantitative estimate of drug-likeness (QED) is 0.619. The maximum Gasteiger partial charge on any atom is 0.315 e. The van der Waals surface area contributed by atoms with Crippen molar-refractivity contribution in [1.29, 1.82) is 0 Å². The number of rotatable bonds is 6. The molecule has 0 aliphatic carbocycles. The second-order valence-electron chi connectivity index (χ2n) is 4.56. The van der Waals surface area contributed by atoms with Gasteiger partial charge in [0.05, 0.1) is 13.0 Å². The number of amides is 3. The van der Waals surface area contributed by atoms with E-state index in [9.17, 15) is 14.4 Å². The highest BCUT2D eigenvalue weighted by Gasteiger charge is 2.19. The van der Waals surface area contributed by atoms with Crippen LogP contribution in [-0.2, 0) is 9.59 Å². The van der Waals surface area contributed by atoms with E-state index >= 15 is 0 Å². The molecule has 3 N–H and O–H groups in total. The first kappa shape index (κ1) is 16.2. The fourth-order valence-electron chi connectivity index (χ4n) is 1.17. The molecule has 0 aromatic heterocycles. The zero-order valence-electron chi connectivity index (χ0n) is 11.2. The Morgan fingerprint density at radius 3 is 2.17 bits per heavy atom. The molecule has 7 heteroatoms. The number of carbonyl (C=O) groups excluding carboxylic acids is 2. The van der Waals surface area contributed by atoms with Crippen LogP contribution in [0.5, 0.6) is 0 Å². The number of hydrogen-bond acceptors (Lipinski definition) is 3. The van der Waals surface area contributed by atoms with Crippen LogP contribution in [0.15, 0.2) is 0 Å². The van der Waals surface area contributed by atoms with E-state index in [4.69, 9.17) is 5.11 Å². The highest BCUT2D eigenvalue weighted by Crippen LogP contribution is 2.05. The molecule has 0 fully saturated rings. The summed E-state index contributed by atoms with van der Waals surface area (Å²) in [6, 6.07) is -0.998. The lowest BCUT2D eigenvalue weighted by Gasteiger charge is -2.21. The lowest BCUT2D eigenvalue weighted by Crippen LogP contribution is -2.47. The molecule has 0 spiro atoms. The van der Waals surface area contributed by atoms with Crippen molar-refractivity contribution in [2.45, 2.75) is 26.3 Å². The van der Waals surface area contributed by atoms with E-state index in [0.29, 0.717) is 0 Å². The number of likely N-dealkylation sites (N-methyl/N-ethyl adjacent to an activating group) is 1. The van der Waals surface area contributed by atoms with E-state index in [1.807, 2.05) is 13.8 Å². The summed E-state index contributed by atoms with van der Waals surface area (Å²) < 4.78 is 0. The second kappa shape index (κ2) is 7.52. The first-order valence-corrected chi connectivity index (χ1v) is 5.70. The number of carboxylic acid groups (broad SMARTS) is 1. The third-order valence-electron chi connectivity index (χ3n) is 2.41. The summed E-state index contributed by atoms with van der Waals surface area (Å²) in [5.41, 5.74) is 0. The van der Waals surface area contributed by atoms with Crippen LogP contribution in [0.2, 0.25) is 0 Å². The first-order valence-electron chi connectivity index (χ1n) is 5.70. The number of nitrogens with one attached hydrogen (secondary N) is 2. The van der Waals surface area contributed by atoms with Gasteiger partial charge in [-0.3, -0.25) is 9.59 Å². The van der Waals surface area contributed by atoms with Gasteiger partial charge < -0.3 is 20.6 Å². The van der Waals surface area contributed by atoms with E-state index in [-0.39, 0.29) is 24.8 Å². The molecule has 0 aliphatic heterocycles. The van der Waals surface area contributed by atoms with Crippen molar-refractivity contribution in [3.63, 3.8) is 0 Å². The smallest absolute Gasteiger partial charge is 0.315 e. The molecule has 3 amide bonds. The summed E-state index contributed by atoms with van der Waals surface area (Å²) in [6.07, 6.45) is -0.146. The van der Waals surface area contributed by atoms with Crippen LogP contribution in [0.4, 0.5) is 4.79 Å². The molecule has 104 valence electrons. The molecule has 0 aromatic carbocycles. The van der Waals surface area contributed by atoms with E-state index in [1.165, 1.54) is 4.90 Å². The highest BCUT2D eigenvalue weighted by molar-refractivity contribution is 5.84. The Hall–Kier alpha value is -1.79. The normalized spacial score (nSPS) is 11.8. The zero-order valence-corrected chi connectivity index (χ0v) is 11.2. The van der Waals surface area contributed by atoms with Crippen molar-refractivity contribution in [2.75, 3.05) is 20.6 Å². The van der Waals surface area contributed by atoms with Gasteiger partial charge in [-0.25, -0.2) is 4.79 Å². The molecule has 0 radical (unpaired) electrons. The number of urea groups is 1. The van der Waals surface area contributed by atoms with Gasteiger partial charge in [0.2, 0.25) is 5.91 Å².